The van der Waals surface area contributed by atoms with Crippen LogP contribution in [0.4, 0.5) is 0 Å². The second kappa shape index (κ2) is 21.1. The molecule has 0 spiro atoms. The van der Waals surface area contributed by atoms with Crippen LogP contribution >= 0.6 is 34.3 Å². The number of benzene rings is 2. The molecule has 17 nitrogen and oxygen atoms in total. The number of aliphatic hydroxyl groups excluding tert-OH is 1. The van der Waals surface area contributed by atoms with E-state index in [1.54, 1.807) is 34.8 Å². The number of thiophene rings is 1. The topological polar surface area (TPSA) is 215 Å². The lowest BCUT2D eigenvalue weighted by molar-refractivity contribution is -0.144. The van der Waals surface area contributed by atoms with Crippen LogP contribution in [0.25, 0.3) is 15.4 Å². The largest absolute Gasteiger partial charge is 0.484 e. The molecule has 382 valence electrons. The van der Waals surface area contributed by atoms with E-state index in [4.69, 9.17) is 26.1 Å². The molecule has 9 rings (SSSR count). The lowest BCUT2D eigenvalue weighted by Gasteiger charge is -2.35. The fraction of sp³-hybridized carbons (Fsp3) is 0.415. The molecule has 1 saturated carbocycles. The number of nitrogens with one attached hydrogen (secondary N) is 3. The smallest absolute Gasteiger partial charge is 0.258 e. The molecule has 2 aliphatic heterocycles. The third-order valence-corrected chi connectivity index (χ3v) is 16.0. The number of aromatic nitrogens is 5. The van der Waals surface area contributed by atoms with Gasteiger partial charge < -0.3 is 35.4 Å². The van der Waals surface area contributed by atoms with E-state index < -0.39 is 54.0 Å². The number of rotatable bonds is 15. The zero-order valence-corrected chi connectivity index (χ0v) is 44.3. The fourth-order valence-corrected chi connectivity index (χ4v) is 11.6. The van der Waals surface area contributed by atoms with Gasteiger partial charge in [0.15, 0.2) is 12.4 Å². The maximum atomic E-state index is 14.2. The summed E-state index contributed by atoms with van der Waals surface area (Å²) in [5.74, 6) is 0.341. The molecular formula is C53H59ClN10O7S2. The first-order valence-corrected chi connectivity index (χ1v) is 26.4. The molecule has 3 aliphatic rings. The van der Waals surface area contributed by atoms with E-state index in [0.29, 0.717) is 41.1 Å². The molecule has 73 heavy (non-hydrogen) atoms. The summed E-state index contributed by atoms with van der Waals surface area (Å²) in [5, 5.41) is 30.2. The number of aliphatic hydroxyl groups is 1. The number of aryl methyl sites for hydroxylation is 3. The number of pyridine rings is 1. The Morgan fingerprint density at radius 2 is 1.64 bits per heavy atom. The van der Waals surface area contributed by atoms with Gasteiger partial charge in [0.05, 0.1) is 40.4 Å². The van der Waals surface area contributed by atoms with Crippen molar-refractivity contribution in [3.8, 4) is 27.1 Å². The maximum Gasteiger partial charge on any atom is 0.258 e. The highest BCUT2D eigenvalue weighted by Crippen LogP contribution is 2.40. The van der Waals surface area contributed by atoms with Crippen molar-refractivity contribution in [2.24, 2.45) is 10.4 Å². The van der Waals surface area contributed by atoms with Gasteiger partial charge >= 0.3 is 0 Å². The second-order valence-corrected chi connectivity index (χ2v) is 22.6. The van der Waals surface area contributed by atoms with Gasteiger partial charge in [0.25, 0.3) is 5.91 Å². The molecule has 4 N–H and O–H groups in total. The predicted molar refractivity (Wildman–Crippen MR) is 280 cm³/mol. The maximum absolute atomic E-state index is 14.2. The SMILES string of the molecule is Cc1ncsc1-c1ccc([C@H](C)NC(=O)[C@@H]2C[C@@H](O)CN2C(=O)[C@@H](NC(=O)COc2ccnc(O[C@H]3C[C@H](NC(=O)C[C@@H]4N=C(c5ccc(Cl)cc5)c5c(sc(C)c5C)-n5c(C)nnc54)C3)c2)C(C)(C)C)cc1. The molecule has 4 amide bonds. The highest BCUT2D eigenvalue weighted by Gasteiger charge is 2.45. The number of halogens is 1. The van der Waals surface area contributed by atoms with Crippen LogP contribution < -0.4 is 25.4 Å². The van der Waals surface area contributed by atoms with E-state index in [1.165, 1.54) is 11.1 Å². The van der Waals surface area contributed by atoms with Crippen molar-refractivity contribution in [2.75, 3.05) is 13.2 Å². The van der Waals surface area contributed by atoms with Gasteiger partial charge in [0.1, 0.15) is 40.8 Å². The first kappa shape index (κ1) is 51.4. The molecule has 6 aromatic rings. The Morgan fingerprint density at radius 3 is 2.34 bits per heavy atom. The molecule has 2 fully saturated rings. The molecular weight excluding hydrogens is 988 g/mol. The van der Waals surface area contributed by atoms with Gasteiger partial charge in [-0.2, -0.15) is 0 Å². The van der Waals surface area contributed by atoms with Gasteiger partial charge in [-0.1, -0.05) is 68.8 Å². The number of ether oxygens (including phenoxy) is 2. The lowest BCUT2D eigenvalue weighted by Crippen LogP contribution is -2.58. The number of aliphatic imine (C=N–C) groups is 1. The van der Waals surface area contributed by atoms with E-state index in [0.717, 1.165) is 54.0 Å². The monoisotopic (exact) mass is 1050 g/mol. The Labute approximate surface area is 436 Å². The molecule has 6 heterocycles. The molecule has 5 atom stereocenters. The van der Waals surface area contributed by atoms with Crippen LogP contribution in [0.3, 0.4) is 0 Å². The summed E-state index contributed by atoms with van der Waals surface area (Å²) in [6.07, 6.45) is 1.61. The number of hydrogen-bond acceptors (Lipinski definition) is 14. The normalized spacial score (nSPS) is 20.1. The van der Waals surface area contributed by atoms with Crippen LogP contribution in [0.2, 0.25) is 5.02 Å². The first-order chi connectivity index (χ1) is 34.8. The molecule has 1 aliphatic carbocycles. The minimum atomic E-state index is -1.04. The van der Waals surface area contributed by atoms with Crippen molar-refractivity contribution in [3.05, 3.63) is 122 Å². The van der Waals surface area contributed by atoms with Crippen molar-refractivity contribution in [3.63, 3.8) is 0 Å². The van der Waals surface area contributed by atoms with E-state index in [2.05, 4.69) is 50.0 Å². The lowest BCUT2D eigenvalue weighted by atomic mass is 9.85. The average molecular weight is 1050 g/mol. The van der Waals surface area contributed by atoms with Gasteiger partial charge in [-0.25, -0.2) is 9.97 Å². The molecule has 2 aromatic carbocycles. The first-order valence-electron chi connectivity index (χ1n) is 24.3. The molecule has 0 unspecified atom stereocenters. The van der Waals surface area contributed by atoms with Gasteiger partial charge in [0.2, 0.25) is 23.6 Å². The minimum Gasteiger partial charge on any atom is -0.484 e. The van der Waals surface area contributed by atoms with Gasteiger partial charge in [0, 0.05) is 65.1 Å². The van der Waals surface area contributed by atoms with E-state index in [1.807, 2.05) is 100 Å². The number of carbonyl (C=O) groups excluding carboxylic acids is 4. The zero-order chi connectivity index (χ0) is 51.9. The van der Waals surface area contributed by atoms with E-state index in [9.17, 15) is 24.3 Å². The van der Waals surface area contributed by atoms with Crippen LogP contribution in [0, 0.1) is 33.1 Å². The Kier molecular flexibility index (Phi) is 14.9. The molecule has 4 aromatic heterocycles. The van der Waals surface area contributed by atoms with Crippen molar-refractivity contribution in [2.45, 2.75) is 123 Å². The molecule has 0 bridgehead atoms. The quantitative estimate of drug-likeness (QED) is 0.0791. The number of hydrogen-bond donors (Lipinski definition) is 4. The number of β-amino-alcohol motifs (C(OH)–C–C–N with tert-alkyl or cyclic N) is 1. The van der Waals surface area contributed by atoms with Crippen LogP contribution in [-0.2, 0) is 19.2 Å². The summed E-state index contributed by atoms with van der Waals surface area (Å²) in [6.45, 7) is 14.9. The summed E-state index contributed by atoms with van der Waals surface area (Å²) in [6, 6.07) is 15.6. The van der Waals surface area contributed by atoms with Crippen molar-refractivity contribution in [1.29, 1.82) is 0 Å². The number of fused-ring (bicyclic) bond motifs is 3. The van der Waals surface area contributed by atoms with Crippen molar-refractivity contribution in [1.82, 2.24) is 45.6 Å². The van der Waals surface area contributed by atoms with Gasteiger partial charge in [-0.3, -0.25) is 28.7 Å². The Bertz CT molecular complexity index is 3070. The number of likely N-dealkylation sites (tertiary alicyclic amines) is 1. The third-order valence-electron chi connectivity index (χ3n) is 13.6. The van der Waals surface area contributed by atoms with Crippen LogP contribution in [0.1, 0.15) is 110 Å². The fourth-order valence-electron chi connectivity index (χ4n) is 9.46. The molecule has 20 heteroatoms. The van der Waals surface area contributed by atoms with Crippen molar-refractivity contribution < 1.29 is 33.8 Å². The highest BCUT2D eigenvalue weighted by molar-refractivity contribution is 7.15. The highest BCUT2D eigenvalue weighted by atomic mass is 35.5. The standard InChI is InChI=1S/C53H59ClN10O7S2/c1-27-30(4)73-52-45(27)46(33-13-15-35(54)16-14-33)59-40(49-62-61-31(5)64(49)52)23-42(66)58-36-19-39(20-36)71-44-22-38(17-18-55-44)70-25-43(67)60-48(53(6,7)8)51(69)63-24-37(65)21-41(63)50(68)57-28(2)32-9-11-34(12-10-32)47-29(3)56-26-72-47/h9-18,22,26,28,36-37,39-41,48,65H,19-21,23-25H2,1-8H3,(H,57,68)(H,58,66)(H,60,67)/t28-,36-,37+,39-,40-,41-,48+/m0/s1. The molecule has 1 saturated heterocycles. The van der Waals surface area contributed by atoms with Crippen LogP contribution in [0.5, 0.6) is 11.6 Å². The third kappa shape index (κ3) is 11.2. The van der Waals surface area contributed by atoms with Crippen LogP contribution in [-0.4, -0.2) is 108 Å². The Balaban J connectivity index is 0.767. The summed E-state index contributed by atoms with van der Waals surface area (Å²) < 4.78 is 14.0. The summed E-state index contributed by atoms with van der Waals surface area (Å²) in [5.41, 5.74) is 7.70. The Morgan fingerprint density at radius 1 is 0.918 bits per heavy atom. The van der Waals surface area contributed by atoms with Crippen molar-refractivity contribution >= 4 is 63.6 Å². The number of thiazole rings is 1. The Hall–Kier alpha value is -6.54. The van der Waals surface area contributed by atoms with Gasteiger partial charge in [-0.05, 0) is 74.9 Å². The van der Waals surface area contributed by atoms with Crippen LogP contribution in [0.15, 0.2) is 77.4 Å². The number of amides is 4. The second-order valence-electron chi connectivity index (χ2n) is 20.1. The minimum absolute atomic E-state index is 0.0514. The molecule has 0 radical (unpaired) electrons. The van der Waals surface area contributed by atoms with E-state index >= 15 is 0 Å². The number of nitrogens with zero attached hydrogens (tertiary/aromatic N) is 7. The summed E-state index contributed by atoms with van der Waals surface area (Å²) >= 11 is 9.49. The average Bonchev–Trinajstić information content (AvgIpc) is 4.11. The summed E-state index contributed by atoms with van der Waals surface area (Å²) in [7, 11) is 0. The predicted octanol–water partition coefficient (Wildman–Crippen LogP) is 7.49. The zero-order valence-electron chi connectivity index (χ0n) is 41.9. The van der Waals surface area contributed by atoms with Gasteiger partial charge in [-0.15, -0.1) is 32.9 Å². The summed E-state index contributed by atoms with van der Waals surface area (Å²) in [4.78, 5) is 72.6. The van der Waals surface area contributed by atoms with E-state index in [-0.39, 0.29) is 43.5 Å². The number of carbonyl (C=O) groups is 4.